The van der Waals surface area contributed by atoms with Crippen molar-refractivity contribution < 1.29 is 4.92 Å². The maximum Gasteiger partial charge on any atom is 0.334 e. The number of rotatable bonds is 2. The van der Waals surface area contributed by atoms with Crippen LogP contribution in [0.5, 0.6) is 0 Å². The van der Waals surface area contributed by atoms with Crippen LogP contribution in [-0.4, -0.2) is 24.7 Å². The number of nitro groups is 1. The van der Waals surface area contributed by atoms with Gasteiger partial charge in [-0.3, -0.25) is 10.1 Å². The fraction of sp³-hybridized carbons (Fsp3) is 0.300. The molecule has 100 valence electrons. The van der Waals surface area contributed by atoms with Gasteiger partial charge in [0.2, 0.25) is 11.1 Å². The Bertz CT molecular complexity index is 683. The number of aromatic nitrogens is 4. The highest BCUT2D eigenvalue weighted by Gasteiger charge is 2.26. The van der Waals surface area contributed by atoms with Gasteiger partial charge in [-0.2, -0.15) is 10.1 Å². The van der Waals surface area contributed by atoms with E-state index >= 15 is 0 Å². The van der Waals surface area contributed by atoms with Gasteiger partial charge in [0.1, 0.15) is 5.69 Å². The van der Waals surface area contributed by atoms with Crippen LogP contribution in [0.1, 0.15) is 17.1 Å². The predicted octanol–water partition coefficient (Wildman–Crippen LogP) is 2.80. The Morgan fingerprint density at radius 1 is 1.16 bits per heavy atom. The number of hydrogen-bond acceptors (Lipinski definition) is 5. The molecule has 7 nitrogen and oxygen atoms in total. The van der Waals surface area contributed by atoms with Gasteiger partial charge in [-0.25, -0.2) is 9.67 Å². The largest absolute Gasteiger partial charge is 0.334 e. The molecule has 0 fully saturated rings. The minimum atomic E-state index is -0.564. The highest BCUT2D eigenvalue weighted by atomic mass is 35.5. The molecule has 0 aliphatic rings. The normalized spacial score (nSPS) is 10.8. The third kappa shape index (κ3) is 2.26. The molecule has 2 heterocycles. The summed E-state index contributed by atoms with van der Waals surface area (Å²) < 4.78 is 1.30. The third-order valence-corrected chi connectivity index (χ3v) is 3.31. The van der Waals surface area contributed by atoms with Crippen LogP contribution in [0.4, 0.5) is 5.69 Å². The SMILES string of the molecule is Cc1nn(-c2nc(Cl)nc(C)c2[N+](=O)[O-])c(C)c1Cl. The molecule has 0 unspecified atom stereocenters. The Hall–Kier alpha value is -1.73. The van der Waals surface area contributed by atoms with Crippen molar-refractivity contribution in [3.63, 3.8) is 0 Å². The van der Waals surface area contributed by atoms with Crippen molar-refractivity contribution >= 4 is 28.9 Å². The van der Waals surface area contributed by atoms with Gasteiger partial charge in [0.05, 0.1) is 21.3 Å². The molecule has 2 aromatic heterocycles. The molecule has 0 aliphatic heterocycles. The molecule has 0 saturated carbocycles. The topological polar surface area (TPSA) is 86.7 Å². The molecule has 0 amide bonds. The summed E-state index contributed by atoms with van der Waals surface area (Å²) in [4.78, 5) is 18.2. The van der Waals surface area contributed by atoms with Crippen molar-refractivity contribution in [1.82, 2.24) is 19.7 Å². The molecule has 0 aromatic carbocycles. The van der Waals surface area contributed by atoms with Crippen LogP contribution in [-0.2, 0) is 0 Å². The molecule has 0 radical (unpaired) electrons. The maximum atomic E-state index is 11.1. The standard InChI is InChI=1S/C10H9Cl2N5O2/c1-4-7(11)6(3)16(15-4)9-8(17(18)19)5(2)13-10(12)14-9/h1-3H3. The van der Waals surface area contributed by atoms with E-state index in [1.165, 1.54) is 11.6 Å². The first-order chi connectivity index (χ1) is 8.82. The Balaban J connectivity index is 2.81. The lowest BCUT2D eigenvalue weighted by atomic mass is 10.3. The first kappa shape index (κ1) is 13.7. The number of nitrogens with zero attached hydrogens (tertiary/aromatic N) is 5. The lowest BCUT2D eigenvalue weighted by molar-refractivity contribution is -0.385. The van der Waals surface area contributed by atoms with Crippen LogP contribution >= 0.6 is 23.2 Å². The van der Waals surface area contributed by atoms with Crippen molar-refractivity contribution in [3.8, 4) is 5.82 Å². The third-order valence-electron chi connectivity index (χ3n) is 2.60. The van der Waals surface area contributed by atoms with Gasteiger partial charge in [-0.15, -0.1) is 0 Å². The van der Waals surface area contributed by atoms with Crippen molar-refractivity contribution in [2.24, 2.45) is 0 Å². The van der Waals surface area contributed by atoms with Crippen molar-refractivity contribution in [1.29, 1.82) is 0 Å². The molecule has 0 atom stereocenters. The second-order valence-electron chi connectivity index (χ2n) is 3.90. The zero-order valence-corrected chi connectivity index (χ0v) is 11.8. The first-order valence-electron chi connectivity index (χ1n) is 5.23. The fourth-order valence-corrected chi connectivity index (χ4v) is 2.03. The van der Waals surface area contributed by atoms with Gasteiger partial charge in [0, 0.05) is 0 Å². The van der Waals surface area contributed by atoms with Gasteiger partial charge in [0.15, 0.2) is 0 Å². The van der Waals surface area contributed by atoms with Crippen LogP contribution < -0.4 is 0 Å². The molecule has 0 bridgehead atoms. The lowest BCUT2D eigenvalue weighted by Gasteiger charge is -2.06. The Morgan fingerprint density at radius 2 is 1.79 bits per heavy atom. The molecular formula is C10H9Cl2N5O2. The summed E-state index contributed by atoms with van der Waals surface area (Å²) in [6.07, 6.45) is 0. The molecule has 0 N–H and O–H groups in total. The van der Waals surface area contributed by atoms with Crippen LogP contribution in [0.15, 0.2) is 0 Å². The van der Waals surface area contributed by atoms with E-state index in [2.05, 4.69) is 15.1 Å². The molecule has 0 spiro atoms. The van der Waals surface area contributed by atoms with E-state index in [0.717, 1.165) is 0 Å². The minimum absolute atomic E-state index is 0.00926. The molecular weight excluding hydrogens is 293 g/mol. The van der Waals surface area contributed by atoms with E-state index in [0.29, 0.717) is 16.4 Å². The molecule has 2 aromatic rings. The van der Waals surface area contributed by atoms with E-state index in [1.807, 2.05) is 0 Å². The molecule has 0 aliphatic carbocycles. The van der Waals surface area contributed by atoms with Crippen molar-refractivity contribution in [2.75, 3.05) is 0 Å². The van der Waals surface area contributed by atoms with Gasteiger partial charge >= 0.3 is 5.69 Å². The average molecular weight is 302 g/mol. The summed E-state index contributed by atoms with van der Waals surface area (Å²) >= 11 is 11.8. The van der Waals surface area contributed by atoms with E-state index in [1.54, 1.807) is 13.8 Å². The molecule has 19 heavy (non-hydrogen) atoms. The zero-order valence-electron chi connectivity index (χ0n) is 10.3. The second kappa shape index (κ2) is 4.75. The number of aryl methyl sites for hydroxylation is 2. The van der Waals surface area contributed by atoms with E-state index in [9.17, 15) is 10.1 Å². The Kier molecular flexibility index (Phi) is 3.42. The van der Waals surface area contributed by atoms with Gasteiger partial charge in [-0.1, -0.05) is 11.6 Å². The summed E-state index contributed by atoms with van der Waals surface area (Å²) in [5.41, 5.74) is 1.03. The molecule has 0 saturated heterocycles. The second-order valence-corrected chi connectivity index (χ2v) is 4.62. The van der Waals surface area contributed by atoms with E-state index in [4.69, 9.17) is 23.2 Å². The Labute approximate surface area is 118 Å². The first-order valence-corrected chi connectivity index (χ1v) is 5.99. The summed E-state index contributed by atoms with van der Waals surface area (Å²) in [6.45, 7) is 4.88. The Morgan fingerprint density at radius 3 is 2.26 bits per heavy atom. The van der Waals surface area contributed by atoms with Gasteiger partial charge in [-0.05, 0) is 32.4 Å². The predicted molar refractivity (Wildman–Crippen MR) is 70.0 cm³/mol. The van der Waals surface area contributed by atoms with Crippen LogP contribution in [0.25, 0.3) is 5.82 Å². The summed E-state index contributed by atoms with van der Waals surface area (Å²) in [6, 6.07) is 0. The fourth-order valence-electron chi connectivity index (χ4n) is 1.71. The van der Waals surface area contributed by atoms with Crippen LogP contribution in [0.2, 0.25) is 10.3 Å². The number of hydrogen-bond donors (Lipinski definition) is 0. The number of halogens is 2. The molecule has 2 rings (SSSR count). The van der Waals surface area contributed by atoms with Gasteiger partial charge < -0.3 is 0 Å². The lowest BCUT2D eigenvalue weighted by Crippen LogP contribution is -2.09. The summed E-state index contributed by atoms with van der Waals surface area (Å²) in [5.74, 6) is 0.00926. The van der Waals surface area contributed by atoms with E-state index in [-0.39, 0.29) is 22.5 Å². The smallest absolute Gasteiger partial charge is 0.258 e. The summed E-state index contributed by atoms with van der Waals surface area (Å²) in [7, 11) is 0. The quantitative estimate of drug-likeness (QED) is 0.483. The zero-order chi connectivity index (χ0) is 14.3. The summed E-state index contributed by atoms with van der Waals surface area (Å²) in [5, 5.41) is 15.6. The van der Waals surface area contributed by atoms with Crippen LogP contribution in [0.3, 0.4) is 0 Å². The highest BCUT2D eigenvalue weighted by Crippen LogP contribution is 2.29. The van der Waals surface area contributed by atoms with Crippen molar-refractivity contribution in [2.45, 2.75) is 20.8 Å². The maximum absolute atomic E-state index is 11.1. The van der Waals surface area contributed by atoms with E-state index < -0.39 is 4.92 Å². The highest BCUT2D eigenvalue weighted by molar-refractivity contribution is 6.31. The molecule has 9 heteroatoms. The van der Waals surface area contributed by atoms with Crippen LogP contribution in [0, 0.1) is 30.9 Å². The van der Waals surface area contributed by atoms with Gasteiger partial charge in [0.25, 0.3) is 0 Å². The monoisotopic (exact) mass is 301 g/mol. The van der Waals surface area contributed by atoms with Crippen molar-refractivity contribution in [3.05, 3.63) is 37.5 Å². The minimum Gasteiger partial charge on any atom is -0.258 e. The average Bonchev–Trinajstić information content (AvgIpc) is 2.55.